The Morgan fingerprint density at radius 3 is 2.21 bits per heavy atom. The second kappa shape index (κ2) is 9.85. The van der Waals surface area contributed by atoms with Crippen molar-refractivity contribution in [3.8, 4) is 0 Å². The molecular weight excluding hydrogens is 350 g/mol. The van der Waals surface area contributed by atoms with Crippen LogP contribution in [0.4, 0.5) is 0 Å². The number of nitrogens with one attached hydrogen (secondary N) is 2. The third kappa shape index (κ3) is 6.06. The van der Waals surface area contributed by atoms with Gasteiger partial charge in [-0.15, -0.1) is 0 Å². The molecule has 1 aliphatic rings. The van der Waals surface area contributed by atoms with Crippen molar-refractivity contribution >= 4 is 17.9 Å². The van der Waals surface area contributed by atoms with E-state index in [2.05, 4.69) is 39.8 Å². The molecule has 2 amide bonds. The van der Waals surface area contributed by atoms with Crippen molar-refractivity contribution < 1.29 is 9.59 Å². The van der Waals surface area contributed by atoms with Gasteiger partial charge < -0.3 is 10.6 Å². The molecule has 0 aliphatic carbocycles. The second-order valence-electron chi connectivity index (χ2n) is 7.16. The van der Waals surface area contributed by atoms with Gasteiger partial charge in [0.1, 0.15) is 5.70 Å². The van der Waals surface area contributed by atoms with Crippen LogP contribution in [-0.2, 0) is 16.1 Å². The minimum absolute atomic E-state index is 0.118. The normalized spacial score (nSPS) is 15.8. The zero-order valence-corrected chi connectivity index (χ0v) is 16.2. The van der Waals surface area contributed by atoms with Gasteiger partial charge in [0.25, 0.3) is 5.91 Å². The van der Waals surface area contributed by atoms with Crippen LogP contribution in [0.3, 0.4) is 0 Å². The number of nitrogens with zero attached hydrogens (tertiary/aromatic N) is 1. The van der Waals surface area contributed by atoms with Gasteiger partial charge in [0.2, 0.25) is 5.91 Å². The van der Waals surface area contributed by atoms with E-state index in [1.165, 1.54) is 12.5 Å². The van der Waals surface area contributed by atoms with E-state index in [4.69, 9.17) is 0 Å². The number of piperidine rings is 1. The molecule has 1 heterocycles. The average molecular weight is 377 g/mol. The van der Waals surface area contributed by atoms with Gasteiger partial charge in [0, 0.05) is 32.6 Å². The van der Waals surface area contributed by atoms with Crippen LogP contribution in [0, 0.1) is 0 Å². The second-order valence-corrected chi connectivity index (χ2v) is 7.16. The standard InChI is InChI=1S/C23H27N3O2/c1-18(27)24-22(16-19-8-4-2-5-9-19)23(28)25-21-12-14-26(15-13-21)17-20-10-6-3-7-11-20/h2-11,16,21H,12-15,17H2,1H3,(H,24,27)(H,25,28)/b22-16+. The van der Waals surface area contributed by atoms with E-state index in [-0.39, 0.29) is 23.6 Å². The van der Waals surface area contributed by atoms with Crippen LogP contribution in [0.2, 0.25) is 0 Å². The molecule has 0 spiro atoms. The van der Waals surface area contributed by atoms with Crippen LogP contribution >= 0.6 is 0 Å². The van der Waals surface area contributed by atoms with Gasteiger partial charge in [-0.3, -0.25) is 14.5 Å². The Hall–Kier alpha value is -2.92. The van der Waals surface area contributed by atoms with E-state index in [0.29, 0.717) is 0 Å². The summed E-state index contributed by atoms with van der Waals surface area (Å²) in [6.45, 7) is 4.23. The lowest BCUT2D eigenvalue weighted by Gasteiger charge is -2.32. The molecule has 146 valence electrons. The van der Waals surface area contributed by atoms with Gasteiger partial charge >= 0.3 is 0 Å². The van der Waals surface area contributed by atoms with Crippen LogP contribution in [-0.4, -0.2) is 35.8 Å². The Bertz CT molecular complexity index is 810. The maximum absolute atomic E-state index is 12.7. The SMILES string of the molecule is CC(=O)N/C(=C/c1ccccc1)C(=O)NC1CCN(Cc2ccccc2)CC1. The zero-order valence-electron chi connectivity index (χ0n) is 16.2. The lowest BCUT2D eigenvalue weighted by Crippen LogP contribution is -2.46. The number of benzene rings is 2. The molecule has 2 aromatic rings. The molecule has 0 aromatic heterocycles. The van der Waals surface area contributed by atoms with Gasteiger partial charge in [-0.1, -0.05) is 60.7 Å². The van der Waals surface area contributed by atoms with Crippen molar-refractivity contribution in [1.29, 1.82) is 0 Å². The summed E-state index contributed by atoms with van der Waals surface area (Å²) >= 11 is 0. The van der Waals surface area contributed by atoms with Gasteiger partial charge in [-0.05, 0) is 30.0 Å². The molecule has 0 atom stereocenters. The fourth-order valence-corrected chi connectivity index (χ4v) is 3.40. The smallest absolute Gasteiger partial charge is 0.268 e. The number of amides is 2. The summed E-state index contributed by atoms with van der Waals surface area (Å²) in [6.07, 6.45) is 3.51. The molecule has 1 aliphatic heterocycles. The molecule has 3 rings (SSSR count). The molecule has 0 radical (unpaired) electrons. The molecular formula is C23H27N3O2. The third-order valence-electron chi connectivity index (χ3n) is 4.84. The van der Waals surface area contributed by atoms with Crippen LogP contribution in [0.15, 0.2) is 66.4 Å². The topological polar surface area (TPSA) is 61.4 Å². The van der Waals surface area contributed by atoms with Crippen LogP contribution in [0.5, 0.6) is 0 Å². The monoisotopic (exact) mass is 377 g/mol. The molecule has 0 unspecified atom stereocenters. The minimum Gasteiger partial charge on any atom is -0.348 e. The molecule has 1 saturated heterocycles. The van der Waals surface area contributed by atoms with E-state index in [0.717, 1.165) is 38.0 Å². The molecule has 1 fully saturated rings. The van der Waals surface area contributed by atoms with Crippen molar-refractivity contribution in [2.45, 2.75) is 32.4 Å². The highest BCUT2D eigenvalue weighted by Crippen LogP contribution is 2.14. The highest BCUT2D eigenvalue weighted by atomic mass is 16.2. The maximum Gasteiger partial charge on any atom is 0.268 e. The fourth-order valence-electron chi connectivity index (χ4n) is 3.40. The van der Waals surface area contributed by atoms with Crippen molar-refractivity contribution in [3.05, 3.63) is 77.5 Å². The summed E-state index contributed by atoms with van der Waals surface area (Å²) in [7, 11) is 0. The van der Waals surface area contributed by atoms with E-state index in [1.54, 1.807) is 6.08 Å². The average Bonchev–Trinajstić information content (AvgIpc) is 2.70. The van der Waals surface area contributed by atoms with Crippen LogP contribution < -0.4 is 10.6 Å². The fraction of sp³-hybridized carbons (Fsp3) is 0.304. The van der Waals surface area contributed by atoms with Crippen LogP contribution in [0.1, 0.15) is 30.9 Å². The van der Waals surface area contributed by atoms with Gasteiger partial charge in [0.15, 0.2) is 0 Å². The first kappa shape index (κ1) is 19.8. The van der Waals surface area contributed by atoms with Crippen molar-refractivity contribution in [3.63, 3.8) is 0 Å². The highest BCUT2D eigenvalue weighted by molar-refractivity contribution is 6.01. The molecule has 28 heavy (non-hydrogen) atoms. The number of hydrogen-bond donors (Lipinski definition) is 2. The number of carbonyl (C=O) groups excluding carboxylic acids is 2. The quantitative estimate of drug-likeness (QED) is 0.761. The van der Waals surface area contributed by atoms with E-state index < -0.39 is 0 Å². The summed E-state index contributed by atoms with van der Waals surface area (Å²) in [4.78, 5) is 26.6. The first-order valence-corrected chi connectivity index (χ1v) is 9.71. The lowest BCUT2D eigenvalue weighted by molar-refractivity contribution is -0.123. The number of hydrogen-bond acceptors (Lipinski definition) is 3. The molecule has 2 N–H and O–H groups in total. The largest absolute Gasteiger partial charge is 0.348 e. The first-order chi connectivity index (χ1) is 13.6. The Kier molecular flexibility index (Phi) is 6.98. The Balaban J connectivity index is 1.55. The predicted octanol–water partition coefficient (Wildman–Crippen LogP) is 2.94. The van der Waals surface area contributed by atoms with Gasteiger partial charge in [-0.2, -0.15) is 0 Å². The molecule has 5 heteroatoms. The summed E-state index contributed by atoms with van der Waals surface area (Å²) in [6, 6.07) is 20.1. The van der Waals surface area contributed by atoms with E-state index in [1.807, 2.05) is 36.4 Å². The van der Waals surface area contributed by atoms with E-state index >= 15 is 0 Å². The number of carbonyl (C=O) groups is 2. The summed E-state index contributed by atoms with van der Waals surface area (Å²) in [5, 5.41) is 5.74. The number of rotatable bonds is 6. The Labute approximate surface area is 166 Å². The highest BCUT2D eigenvalue weighted by Gasteiger charge is 2.22. The summed E-state index contributed by atoms with van der Waals surface area (Å²) in [5.74, 6) is -0.490. The predicted molar refractivity (Wildman–Crippen MR) is 111 cm³/mol. The molecule has 5 nitrogen and oxygen atoms in total. The van der Waals surface area contributed by atoms with Crippen molar-refractivity contribution in [2.24, 2.45) is 0 Å². The summed E-state index contributed by atoms with van der Waals surface area (Å²) in [5.41, 5.74) is 2.47. The summed E-state index contributed by atoms with van der Waals surface area (Å²) < 4.78 is 0. The van der Waals surface area contributed by atoms with E-state index in [9.17, 15) is 9.59 Å². The Morgan fingerprint density at radius 1 is 1.00 bits per heavy atom. The van der Waals surface area contributed by atoms with Crippen molar-refractivity contribution in [1.82, 2.24) is 15.5 Å². The lowest BCUT2D eigenvalue weighted by atomic mass is 10.0. The zero-order chi connectivity index (χ0) is 19.8. The molecule has 0 bridgehead atoms. The Morgan fingerprint density at radius 2 is 1.61 bits per heavy atom. The third-order valence-corrected chi connectivity index (χ3v) is 4.84. The van der Waals surface area contributed by atoms with Gasteiger partial charge in [-0.25, -0.2) is 0 Å². The van der Waals surface area contributed by atoms with Crippen molar-refractivity contribution in [2.75, 3.05) is 13.1 Å². The maximum atomic E-state index is 12.7. The number of likely N-dealkylation sites (tertiary alicyclic amines) is 1. The molecule has 2 aromatic carbocycles. The molecule has 0 saturated carbocycles. The van der Waals surface area contributed by atoms with Gasteiger partial charge in [0.05, 0.1) is 0 Å². The minimum atomic E-state index is -0.255. The van der Waals surface area contributed by atoms with Crippen LogP contribution in [0.25, 0.3) is 6.08 Å². The first-order valence-electron chi connectivity index (χ1n) is 9.71.